The van der Waals surface area contributed by atoms with Crippen LogP contribution >= 0.6 is 0 Å². The number of phenols is 5. The summed E-state index contributed by atoms with van der Waals surface area (Å²) in [7, 11) is 0. The Morgan fingerprint density at radius 3 is 1.61 bits per heavy atom. The van der Waals surface area contributed by atoms with Gasteiger partial charge in [-0.25, -0.2) is 0 Å². The van der Waals surface area contributed by atoms with Gasteiger partial charge >= 0.3 is 0 Å². The Morgan fingerprint density at radius 2 is 0.815 bits per heavy atom. The molecule has 6 nitrogen and oxygen atoms in total. The standard InChI is InChI=1S/C48H30O6/c49-44-42(45(50)47(52)48(53)46(44)51)30-19-21-36-38(25-30)41(34-15-3-4-16-35(34)43(36)33-17-8-10-26-9-1-2-13-31(26)33)29-12-7-11-27(23-29)28-20-22-40-37(24-28)32-14-5-6-18-39(32)54-40/h1-25,49-53H. The number of rotatable bonds is 4. The molecule has 0 spiro atoms. The fraction of sp³-hybridized carbons (Fsp3) is 0. The topological polar surface area (TPSA) is 114 Å². The van der Waals surface area contributed by atoms with E-state index in [1.807, 2.05) is 66.7 Å². The number of phenolic OH excluding ortho intramolecular Hbond substituents is 5. The Balaban J connectivity index is 1.29. The third-order valence-electron chi connectivity index (χ3n) is 10.6. The van der Waals surface area contributed by atoms with E-state index in [0.29, 0.717) is 5.56 Å². The van der Waals surface area contributed by atoms with Crippen molar-refractivity contribution in [2.75, 3.05) is 0 Å². The van der Waals surface area contributed by atoms with Crippen LogP contribution in [-0.4, -0.2) is 25.5 Å². The van der Waals surface area contributed by atoms with Crippen LogP contribution in [0.1, 0.15) is 0 Å². The van der Waals surface area contributed by atoms with Crippen molar-refractivity contribution in [1.29, 1.82) is 0 Å². The molecule has 5 N–H and O–H groups in total. The lowest BCUT2D eigenvalue weighted by Crippen LogP contribution is -1.93. The number of furan rings is 1. The van der Waals surface area contributed by atoms with Gasteiger partial charge in [-0.3, -0.25) is 0 Å². The smallest absolute Gasteiger partial charge is 0.208 e. The maximum absolute atomic E-state index is 11.0. The predicted molar refractivity (Wildman–Crippen MR) is 216 cm³/mol. The second kappa shape index (κ2) is 11.8. The largest absolute Gasteiger partial charge is 0.504 e. The fourth-order valence-corrected chi connectivity index (χ4v) is 8.10. The average Bonchev–Trinajstić information content (AvgIpc) is 3.59. The van der Waals surface area contributed by atoms with Crippen molar-refractivity contribution in [2.45, 2.75) is 0 Å². The molecule has 54 heavy (non-hydrogen) atoms. The van der Waals surface area contributed by atoms with Crippen LogP contribution in [0.5, 0.6) is 28.7 Å². The van der Waals surface area contributed by atoms with Crippen LogP contribution in [0.25, 0.3) is 98.8 Å². The van der Waals surface area contributed by atoms with Crippen molar-refractivity contribution in [3.8, 4) is 73.3 Å². The molecule has 9 aromatic carbocycles. The van der Waals surface area contributed by atoms with Crippen molar-refractivity contribution in [2.24, 2.45) is 0 Å². The van der Waals surface area contributed by atoms with E-state index in [9.17, 15) is 25.5 Å². The van der Waals surface area contributed by atoms with Gasteiger partial charge in [-0.05, 0) is 102 Å². The van der Waals surface area contributed by atoms with E-state index in [1.165, 1.54) is 0 Å². The summed E-state index contributed by atoms with van der Waals surface area (Å²) in [4.78, 5) is 0. The van der Waals surface area contributed by atoms with Gasteiger partial charge in [0, 0.05) is 10.8 Å². The minimum Gasteiger partial charge on any atom is -0.504 e. The highest BCUT2D eigenvalue weighted by Gasteiger charge is 2.26. The molecule has 0 aliphatic carbocycles. The van der Waals surface area contributed by atoms with Crippen LogP contribution in [0.15, 0.2) is 156 Å². The molecule has 0 amide bonds. The molecule has 0 unspecified atom stereocenters. The molecule has 0 aliphatic rings. The van der Waals surface area contributed by atoms with Crippen LogP contribution in [0, 0.1) is 0 Å². The number of fused-ring (bicyclic) bond motifs is 6. The monoisotopic (exact) mass is 702 g/mol. The average molecular weight is 703 g/mol. The summed E-state index contributed by atoms with van der Waals surface area (Å²) in [5.41, 5.74) is 7.76. The predicted octanol–water partition coefficient (Wildman–Crippen LogP) is 12.2. The number of hydrogen-bond acceptors (Lipinski definition) is 6. The molecular formula is C48H30O6. The molecular weight excluding hydrogens is 673 g/mol. The first-order valence-corrected chi connectivity index (χ1v) is 17.5. The van der Waals surface area contributed by atoms with Crippen molar-refractivity contribution in [3.05, 3.63) is 152 Å². The summed E-state index contributed by atoms with van der Waals surface area (Å²) >= 11 is 0. The van der Waals surface area contributed by atoms with E-state index >= 15 is 0 Å². The van der Waals surface area contributed by atoms with Crippen LogP contribution in [0.4, 0.5) is 0 Å². The lowest BCUT2D eigenvalue weighted by atomic mass is 9.83. The Hall–Kier alpha value is -7.44. The van der Waals surface area contributed by atoms with Gasteiger partial charge < -0.3 is 29.9 Å². The third-order valence-corrected chi connectivity index (χ3v) is 10.6. The van der Waals surface area contributed by atoms with Gasteiger partial charge in [0.05, 0.1) is 5.56 Å². The van der Waals surface area contributed by atoms with E-state index < -0.39 is 28.7 Å². The maximum atomic E-state index is 11.0. The molecule has 0 radical (unpaired) electrons. The highest BCUT2D eigenvalue weighted by Crippen LogP contribution is 2.56. The summed E-state index contributed by atoms with van der Waals surface area (Å²) in [5.74, 6) is -4.35. The SMILES string of the molecule is Oc1c(O)c(O)c(-c2ccc3c(-c4cccc5ccccc45)c4ccccc4c(-c4cccc(-c5ccc6oc7ccccc7c6c5)c4)c3c2)c(O)c1O. The number of benzene rings is 9. The molecule has 0 bridgehead atoms. The molecule has 0 saturated carbocycles. The highest BCUT2D eigenvalue weighted by atomic mass is 16.4. The molecule has 10 aromatic rings. The molecule has 0 atom stereocenters. The molecule has 6 heteroatoms. The van der Waals surface area contributed by atoms with Gasteiger partial charge in [0.25, 0.3) is 0 Å². The summed E-state index contributed by atoms with van der Waals surface area (Å²) in [5, 5.41) is 61.3. The second-order valence-corrected chi connectivity index (χ2v) is 13.6. The number of para-hydroxylation sites is 1. The van der Waals surface area contributed by atoms with Gasteiger partial charge in [0.2, 0.25) is 17.2 Å². The normalized spacial score (nSPS) is 11.7. The van der Waals surface area contributed by atoms with Crippen LogP contribution in [0.2, 0.25) is 0 Å². The lowest BCUT2D eigenvalue weighted by Gasteiger charge is -2.20. The highest BCUT2D eigenvalue weighted by molar-refractivity contribution is 6.24. The first kappa shape index (κ1) is 31.3. The number of hydrogen-bond donors (Lipinski definition) is 5. The Bertz CT molecular complexity index is 3140. The Kier molecular flexibility index (Phi) is 6.84. The van der Waals surface area contributed by atoms with Crippen LogP contribution in [0.3, 0.4) is 0 Å². The van der Waals surface area contributed by atoms with Crippen LogP contribution < -0.4 is 0 Å². The molecule has 0 saturated heterocycles. The van der Waals surface area contributed by atoms with E-state index in [2.05, 4.69) is 78.9 Å². The van der Waals surface area contributed by atoms with Gasteiger partial charge in [0.1, 0.15) is 11.2 Å². The molecule has 10 rings (SSSR count). The minimum absolute atomic E-state index is 0.204. The third kappa shape index (κ3) is 4.60. The molecule has 0 aliphatic heterocycles. The summed E-state index contributed by atoms with van der Waals surface area (Å²) < 4.78 is 6.11. The van der Waals surface area contributed by atoms with Gasteiger partial charge in [-0.2, -0.15) is 0 Å². The van der Waals surface area contributed by atoms with E-state index in [4.69, 9.17) is 4.42 Å². The zero-order valence-corrected chi connectivity index (χ0v) is 28.6. The van der Waals surface area contributed by atoms with Gasteiger partial charge in [-0.1, -0.05) is 121 Å². The second-order valence-electron chi connectivity index (χ2n) is 13.6. The van der Waals surface area contributed by atoms with E-state index in [1.54, 1.807) is 6.07 Å². The van der Waals surface area contributed by atoms with Gasteiger partial charge in [0.15, 0.2) is 11.5 Å². The zero-order chi connectivity index (χ0) is 36.7. The van der Waals surface area contributed by atoms with Crippen LogP contribution in [-0.2, 0) is 0 Å². The maximum Gasteiger partial charge on any atom is 0.208 e. The minimum atomic E-state index is -1.00. The Morgan fingerprint density at radius 1 is 0.296 bits per heavy atom. The van der Waals surface area contributed by atoms with Crippen molar-refractivity contribution in [1.82, 2.24) is 0 Å². The lowest BCUT2D eigenvalue weighted by molar-refractivity contribution is 0.330. The quantitative estimate of drug-likeness (QED) is 0.0708. The van der Waals surface area contributed by atoms with Crippen molar-refractivity contribution < 1.29 is 29.9 Å². The van der Waals surface area contributed by atoms with Gasteiger partial charge in [-0.15, -0.1) is 0 Å². The molecule has 1 heterocycles. The first-order valence-electron chi connectivity index (χ1n) is 17.5. The fourth-order valence-electron chi connectivity index (χ4n) is 8.10. The summed E-state index contributed by atoms with van der Waals surface area (Å²) in [6.45, 7) is 0. The molecule has 258 valence electrons. The summed E-state index contributed by atoms with van der Waals surface area (Å²) in [6, 6.07) is 51.0. The number of aromatic hydroxyl groups is 5. The Labute approximate surface area is 308 Å². The summed E-state index contributed by atoms with van der Waals surface area (Å²) in [6.07, 6.45) is 0. The molecule has 1 aromatic heterocycles. The van der Waals surface area contributed by atoms with Crippen molar-refractivity contribution in [3.63, 3.8) is 0 Å². The van der Waals surface area contributed by atoms with E-state index in [-0.39, 0.29) is 5.56 Å². The molecule has 0 fully saturated rings. The zero-order valence-electron chi connectivity index (χ0n) is 28.6. The van der Waals surface area contributed by atoms with E-state index in [0.717, 1.165) is 87.6 Å². The first-order chi connectivity index (χ1) is 26.4. The van der Waals surface area contributed by atoms with Crippen molar-refractivity contribution >= 4 is 54.3 Å².